The third-order valence-electron chi connectivity index (χ3n) is 3.13. The average molecular weight is 228 g/mol. The number of nitrogens with zero attached hydrogens (tertiary/aromatic N) is 1. The maximum absolute atomic E-state index is 3.39. The van der Waals surface area contributed by atoms with Gasteiger partial charge in [-0.15, -0.1) is 0 Å². The highest BCUT2D eigenvalue weighted by atomic mass is 15.1. The summed E-state index contributed by atoms with van der Waals surface area (Å²) in [6, 6.07) is 0. The lowest BCUT2D eigenvalue weighted by Gasteiger charge is -2.20. The molecule has 0 saturated carbocycles. The van der Waals surface area contributed by atoms with Gasteiger partial charge in [0.25, 0.3) is 0 Å². The van der Waals surface area contributed by atoms with Crippen LogP contribution in [0.1, 0.15) is 59.3 Å². The number of rotatable bonds is 12. The van der Waals surface area contributed by atoms with Crippen molar-refractivity contribution in [2.75, 3.05) is 32.7 Å². The van der Waals surface area contributed by atoms with E-state index in [0.29, 0.717) is 0 Å². The van der Waals surface area contributed by atoms with Crippen LogP contribution in [0.5, 0.6) is 0 Å². The van der Waals surface area contributed by atoms with E-state index in [1.807, 2.05) is 0 Å². The summed E-state index contributed by atoms with van der Waals surface area (Å²) < 4.78 is 0. The Hall–Kier alpha value is -0.0800. The van der Waals surface area contributed by atoms with Crippen molar-refractivity contribution in [2.24, 2.45) is 0 Å². The molecule has 0 fully saturated rings. The Morgan fingerprint density at radius 3 is 2.12 bits per heavy atom. The molecule has 0 aromatic heterocycles. The van der Waals surface area contributed by atoms with Gasteiger partial charge in [-0.2, -0.15) is 0 Å². The van der Waals surface area contributed by atoms with E-state index in [1.165, 1.54) is 58.2 Å². The predicted octanol–water partition coefficient (Wildman–Crippen LogP) is 3.28. The zero-order valence-corrected chi connectivity index (χ0v) is 11.7. The summed E-state index contributed by atoms with van der Waals surface area (Å²) in [5, 5.41) is 3.39. The molecule has 0 rings (SSSR count). The monoisotopic (exact) mass is 228 g/mol. The Bertz CT molecular complexity index is 126. The first-order valence-electron chi connectivity index (χ1n) is 7.28. The summed E-state index contributed by atoms with van der Waals surface area (Å²) in [4.78, 5) is 2.56. The van der Waals surface area contributed by atoms with E-state index in [2.05, 4.69) is 31.0 Å². The number of unbranched alkanes of at least 4 members (excludes halogenated alkanes) is 5. The van der Waals surface area contributed by atoms with Crippen LogP contribution in [0.2, 0.25) is 0 Å². The molecule has 0 unspecified atom stereocenters. The summed E-state index contributed by atoms with van der Waals surface area (Å²) >= 11 is 0. The van der Waals surface area contributed by atoms with Crippen LogP contribution in [-0.4, -0.2) is 37.6 Å². The second-order valence-corrected chi connectivity index (χ2v) is 4.56. The molecule has 0 aliphatic heterocycles. The molecular formula is C14H32N2. The summed E-state index contributed by atoms with van der Waals surface area (Å²) in [6.45, 7) is 12.6. The van der Waals surface area contributed by atoms with Crippen molar-refractivity contribution in [3.8, 4) is 0 Å². The van der Waals surface area contributed by atoms with Crippen molar-refractivity contribution in [1.29, 1.82) is 0 Å². The fourth-order valence-electron chi connectivity index (χ4n) is 1.96. The Labute approximate surface area is 103 Å². The van der Waals surface area contributed by atoms with Gasteiger partial charge in [-0.05, 0) is 26.1 Å². The highest BCUT2D eigenvalue weighted by Gasteiger charge is 2.00. The first-order valence-corrected chi connectivity index (χ1v) is 7.28. The second kappa shape index (κ2) is 13.0. The molecule has 0 aliphatic rings. The van der Waals surface area contributed by atoms with E-state index < -0.39 is 0 Å². The molecule has 0 atom stereocenters. The molecule has 0 amide bonds. The summed E-state index contributed by atoms with van der Waals surface area (Å²) in [5.74, 6) is 0. The number of hydrogen-bond donors (Lipinski definition) is 1. The number of likely N-dealkylation sites (N-methyl/N-ethyl adjacent to an activating group) is 2. The SMILES string of the molecule is CCCCCCCCN(CC)CCNCC. The molecule has 0 aromatic carbocycles. The molecule has 2 heteroatoms. The van der Waals surface area contributed by atoms with Gasteiger partial charge in [-0.25, -0.2) is 0 Å². The molecule has 2 nitrogen and oxygen atoms in total. The van der Waals surface area contributed by atoms with Crippen molar-refractivity contribution in [1.82, 2.24) is 10.2 Å². The summed E-state index contributed by atoms with van der Waals surface area (Å²) in [7, 11) is 0. The van der Waals surface area contributed by atoms with Crippen LogP contribution in [0.3, 0.4) is 0 Å². The molecule has 0 radical (unpaired) electrons. The Morgan fingerprint density at radius 2 is 1.50 bits per heavy atom. The first-order chi connectivity index (χ1) is 7.85. The highest BCUT2D eigenvalue weighted by Crippen LogP contribution is 2.05. The van der Waals surface area contributed by atoms with Gasteiger partial charge in [0.1, 0.15) is 0 Å². The fourth-order valence-corrected chi connectivity index (χ4v) is 1.96. The van der Waals surface area contributed by atoms with Crippen LogP contribution >= 0.6 is 0 Å². The first kappa shape index (κ1) is 15.9. The molecule has 98 valence electrons. The maximum Gasteiger partial charge on any atom is 0.0107 e. The van der Waals surface area contributed by atoms with Gasteiger partial charge in [0, 0.05) is 13.1 Å². The van der Waals surface area contributed by atoms with Crippen molar-refractivity contribution in [3.63, 3.8) is 0 Å². The lowest BCUT2D eigenvalue weighted by molar-refractivity contribution is 0.280. The molecule has 0 spiro atoms. The van der Waals surface area contributed by atoms with Crippen LogP contribution in [0, 0.1) is 0 Å². The second-order valence-electron chi connectivity index (χ2n) is 4.56. The largest absolute Gasteiger partial charge is 0.316 e. The van der Waals surface area contributed by atoms with Crippen LogP contribution in [0.4, 0.5) is 0 Å². The van der Waals surface area contributed by atoms with E-state index in [1.54, 1.807) is 0 Å². The van der Waals surface area contributed by atoms with Crippen LogP contribution in [0.25, 0.3) is 0 Å². The quantitative estimate of drug-likeness (QED) is 0.516. The average Bonchev–Trinajstić information content (AvgIpc) is 2.31. The van der Waals surface area contributed by atoms with Gasteiger partial charge in [0.15, 0.2) is 0 Å². The standard InChI is InChI=1S/C14H32N2/c1-4-7-8-9-10-11-13-16(6-3)14-12-15-5-2/h15H,4-14H2,1-3H3. The van der Waals surface area contributed by atoms with Gasteiger partial charge < -0.3 is 10.2 Å². The van der Waals surface area contributed by atoms with Gasteiger partial charge >= 0.3 is 0 Å². The van der Waals surface area contributed by atoms with Crippen molar-refractivity contribution < 1.29 is 0 Å². The summed E-state index contributed by atoms with van der Waals surface area (Å²) in [6.07, 6.45) is 8.42. The van der Waals surface area contributed by atoms with Crippen molar-refractivity contribution >= 4 is 0 Å². The minimum absolute atomic E-state index is 1.09. The van der Waals surface area contributed by atoms with Gasteiger partial charge in [-0.1, -0.05) is 52.9 Å². The fraction of sp³-hybridized carbons (Fsp3) is 1.00. The molecular weight excluding hydrogens is 196 g/mol. The normalized spacial score (nSPS) is 11.2. The lowest BCUT2D eigenvalue weighted by Crippen LogP contribution is -2.32. The van der Waals surface area contributed by atoms with Crippen LogP contribution in [0.15, 0.2) is 0 Å². The molecule has 0 saturated heterocycles. The van der Waals surface area contributed by atoms with E-state index in [9.17, 15) is 0 Å². The van der Waals surface area contributed by atoms with E-state index in [4.69, 9.17) is 0 Å². The van der Waals surface area contributed by atoms with Crippen molar-refractivity contribution in [3.05, 3.63) is 0 Å². The van der Waals surface area contributed by atoms with Gasteiger partial charge in [0.05, 0.1) is 0 Å². The lowest BCUT2D eigenvalue weighted by atomic mass is 10.1. The van der Waals surface area contributed by atoms with Crippen LogP contribution in [-0.2, 0) is 0 Å². The smallest absolute Gasteiger partial charge is 0.0107 e. The third kappa shape index (κ3) is 10.4. The summed E-state index contributed by atoms with van der Waals surface area (Å²) in [5.41, 5.74) is 0. The van der Waals surface area contributed by atoms with Crippen molar-refractivity contribution in [2.45, 2.75) is 59.3 Å². The topological polar surface area (TPSA) is 15.3 Å². The molecule has 0 heterocycles. The Kier molecular flexibility index (Phi) is 12.9. The zero-order valence-electron chi connectivity index (χ0n) is 11.7. The van der Waals surface area contributed by atoms with Crippen LogP contribution < -0.4 is 5.32 Å². The Morgan fingerprint density at radius 1 is 0.812 bits per heavy atom. The minimum atomic E-state index is 1.09. The number of nitrogens with one attached hydrogen (secondary N) is 1. The van der Waals surface area contributed by atoms with E-state index in [-0.39, 0.29) is 0 Å². The minimum Gasteiger partial charge on any atom is -0.316 e. The maximum atomic E-state index is 3.39. The zero-order chi connectivity index (χ0) is 12.1. The third-order valence-corrected chi connectivity index (χ3v) is 3.13. The van der Waals surface area contributed by atoms with E-state index in [0.717, 1.165) is 13.1 Å². The molecule has 1 N–H and O–H groups in total. The molecule has 16 heavy (non-hydrogen) atoms. The van der Waals surface area contributed by atoms with Gasteiger partial charge in [0.2, 0.25) is 0 Å². The Balaban J connectivity index is 3.26. The molecule has 0 aliphatic carbocycles. The van der Waals surface area contributed by atoms with E-state index >= 15 is 0 Å². The number of hydrogen-bond acceptors (Lipinski definition) is 2. The predicted molar refractivity (Wildman–Crippen MR) is 74.0 cm³/mol. The highest BCUT2D eigenvalue weighted by molar-refractivity contribution is 4.58. The molecule has 0 bridgehead atoms. The van der Waals surface area contributed by atoms with Gasteiger partial charge in [-0.3, -0.25) is 0 Å². The molecule has 0 aromatic rings.